The minimum absolute atomic E-state index is 0.0235. The van der Waals surface area contributed by atoms with Gasteiger partial charge in [0, 0.05) is 5.56 Å². The zero-order valence-corrected chi connectivity index (χ0v) is 20.7. The number of urea groups is 1. The molecule has 3 rings (SSSR count). The Morgan fingerprint density at radius 1 is 1.14 bits per heavy atom. The number of rotatable bonds is 10. The Morgan fingerprint density at radius 2 is 1.91 bits per heavy atom. The topological polar surface area (TPSA) is 94.2 Å². The van der Waals surface area contributed by atoms with Crippen LogP contribution >= 0.6 is 23.2 Å². The zero-order chi connectivity index (χ0) is 25.5. The van der Waals surface area contributed by atoms with Gasteiger partial charge in [-0.1, -0.05) is 35.3 Å². The first kappa shape index (κ1) is 26.1. The van der Waals surface area contributed by atoms with E-state index >= 15 is 0 Å². The van der Waals surface area contributed by atoms with Crippen LogP contribution in [0.25, 0.3) is 6.08 Å². The second-order valence-electron chi connectivity index (χ2n) is 7.43. The molecule has 1 heterocycles. The smallest absolute Gasteiger partial charge is 0.329 e. The van der Waals surface area contributed by atoms with Gasteiger partial charge in [0.2, 0.25) is 0 Å². The molecule has 1 N–H and O–H groups in total. The van der Waals surface area contributed by atoms with Gasteiger partial charge in [-0.25, -0.2) is 9.69 Å². The van der Waals surface area contributed by atoms with Crippen LogP contribution in [0.4, 0.5) is 4.79 Å². The van der Waals surface area contributed by atoms with Gasteiger partial charge in [-0.05, 0) is 54.8 Å². The predicted octanol–water partition coefficient (Wildman–Crippen LogP) is 4.77. The summed E-state index contributed by atoms with van der Waals surface area (Å²) in [5.41, 5.74) is 2.20. The number of amides is 3. The van der Waals surface area contributed by atoms with E-state index in [0.29, 0.717) is 40.1 Å². The lowest BCUT2D eigenvalue weighted by atomic mass is 10.0. The van der Waals surface area contributed by atoms with Crippen molar-refractivity contribution in [3.63, 3.8) is 0 Å². The number of benzene rings is 2. The molecule has 2 aromatic rings. The quantitative estimate of drug-likeness (QED) is 0.211. The molecule has 8 nitrogen and oxygen atoms in total. The molecule has 3 amide bonds. The van der Waals surface area contributed by atoms with Crippen LogP contribution in [0.5, 0.6) is 11.5 Å². The zero-order valence-electron chi connectivity index (χ0n) is 19.2. The van der Waals surface area contributed by atoms with Crippen LogP contribution in [0, 0.1) is 0 Å². The highest BCUT2D eigenvalue weighted by Gasteiger charge is 2.35. The summed E-state index contributed by atoms with van der Waals surface area (Å²) in [4.78, 5) is 37.1. The number of methoxy groups -OCH3 is 1. The van der Waals surface area contributed by atoms with Gasteiger partial charge < -0.3 is 19.5 Å². The monoisotopic (exact) mass is 518 g/mol. The van der Waals surface area contributed by atoms with Gasteiger partial charge in [0.1, 0.15) is 18.8 Å². The highest BCUT2D eigenvalue weighted by Crippen LogP contribution is 2.36. The van der Waals surface area contributed by atoms with Gasteiger partial charge in [-0.2, -0.15) is 0 Å². The van der Waals surface area contributed by atoms with Gasteiger partial charge >= 0.3 is 12.0 Å². The Bertz CT molecular complexity index is 1190. The number of imide groups is 1. The summed E-state index contributed by atoms with van der Waals surface area (Å²) < 4.78 is 16.5. The molecule has 1 aliphatic rings. The standard InChI is InChI=1S/C25H24Cl2N2O6/c1-4-6-17-9-16(11-20-24(31)29(25(32)28-20)13-22(30)33-3)12-21(34-5-2)23(17)35-14-15-7-8-18(26)19(27)10-15/h4,7-12H,1,5-6,13-14H2,2-3H3,(H,28,32)/b20-11+. The minimum Gasteiger partial charge on any atom is -0.490 e. The number of esters is 1. The van der Waals surface area contributed by atoms with Gasteiger partial charge in [0.25, 0.3) is 5.91 Å². The number of ether oxygens (including phenoxy) is 3. The average molecular weight is 519 g/mol. The van der Waals surface area contributed by atoms with Crippen molar-refractivity contribution in [3.8, 4) is 11.5 Å². The fourth-order valence-electron chi connectivity index (χ4n) is 3.36. The van der Waals surface area contributed by atoms with Crippen molar-refractivity contribution >= 4 is 47.2 Å². The van der Waals surface area contributed by atoms with Crippen LogP contribution < -0.4 is 14.8 Å². The molecule has 184 valence electrons. The second-order valence-corrected chi connectivity index (χ2v) is 8.24. The van der Waals surface area contributed by atoms with Crippen LogP contribution in [0.2, 0.25) is 10.0 Å². The molecular formula is C25H24Cl2N2O6. The number of halogens is 2. The summed E-state index contributed by atoms with van der Waals surface area (Å²) in [5.74, 6) is -0.357. The van der Waals surface area contributed by atoms with E-state index in [1.165, 1.54) is 13.2 Å². The summed E-state index contributed by atoms with van der Waals surface area (Å²) in [6.45, 7) is 5.76. The van der Waals surface area contributed by atoms with Gasteiger partial charge in [0.05, 0.1) is 23.8 Å². The number of carbonyl (C=O) groups excluding carboxylic acids is 3. The second kappa shape index (κ2) is 11.8. The molecule has 0 atom stereocenters. The maximum atomic E-state index is 12.6. The molecule has 2 aromatic carbocycles. The van der Waals surface area contributed by atoms with Crippen LogP contribution in [-0.2, 0) is 27.4 Å². The van der Waals surface area contributed by atoms with E-state index in [1.807, 2.05) is 19.1 Å². The molecule has 0 aliphatic carbocycles. The maximum absolute atomic E-state index is 12.6. The molecule has 10 heteroatoms. The molecule has 0 saturated carbocycles. The van der Waals surface area contributed by atoms with Crippen molar-refractivity contribution < 1.29 is 28.6 Å². The number of hydrogen-bond acceptors (Lipinski definition) is 6. The van der Waals surface area contributed by atoms with E-state index in [9.17, 15) is 14.4 Å². The summed E-state index contributed by atoms with van der Waals surface area (Å²) in [5, 5.41) is 3.36. The average Bonchev–Trinajstić information content (AvgIpc) is 3.08. The minimum atomic E-state index is -0.704. The summed E-state index contributed by atoms with van der Waals surface area (Å²) in [6, 6.07) is 8.05. The normalized spacial score (nSPS) is 14.2. The van der Waals surface area contributed by atoms with E-state index in [-0.39, 0.29) is 12.3 Å². The molecule has 1 saturated heterocycles. The molecule has 0 unspecified atom stereocenters. The molecular weight excluding hydrogens is 495 g/mol. The molecule has 0 bridgehead atoms. The summed E-state index contributed by atoms with van der Waals surface area (Å²) >= 11 is 12.1. The van der Waals surface area contributed by atoms with Crippen LogP contribution in [0.15, 0.2) is 48.7 Å². The van der Waals surface area contributed by atoms with Crippen molar-refractivity contribution in [2.75, 3.05) is 20.3 Å². The number of nitrogens with zero attached hydrogens (tertiary/aromatic N) is 1. The third kappa shape index (κ3) is 6.35. The van der Waals surface area contributed by atoms with Gasteiger partial charge in [0.15, 0.2) is 11.5 Å². The van der Waals surface area contributed by atoms with Crippen LogP contribution in [-0.4, -0.2) is 43.1 Å². The highest BCUT2D eigenvalue weighted by molar-refractivity contribution is 6.42. The van der Waals surface area contributed by atoms with Crippen molar-refractivity contribution in [2.24, 2.45) is 0 Å². The predicted molar refractivity (Wildman–Crippen MR) is 133 cm³/mol. The van der Waals surface area contributed by atoms with E-state index in [2.05, 4.69) is 16.6 Å². The lowest BCUT2D eigenvalue weighted by Gasteiger charge is -2.17. The van der Waals surface area contributed by atoms with Crippen LogP contribution in [0.1, 0.15) is 23.6 Å². The summed E-state index contributed by atoms with van der Waals surface area (Å²) in [6.07, 6.45) is 3.69. The first-order chi connectivity index (χ1) is 16.8. The third-order valence-corrected chi connectivity index (χ3v) is 5.71. The van der Waals surface area contributed by atoms with Gasteiger partial charge in [-0.15, -0.1) is 6.58 Å². The summed E-state index contributed by atoms with van der Waals surface area (Å²) in [7, 11) is 1.18. The molecule has 0 radical (unpaired) electrons. The SMILES string of the molecule is C=CCc1cc(/C=C2/NC(=O)N(CC(=O)OC)C2=O)cc(OCC)c1OCc1ccc(Cl)c(Cl)c1. The maximum Gasteiger partial charge on any atom is 0.329 e. The third-order valence-electron chi connectivity index (χ3n) is 4.97. The highest BCUT2D eigenvalue weighted by atomic mass is 35.5. The number of hydrogen-bond donors (Lipinski definition) is 1. The lowest BCUT2D eigenvalue weighted by molar-refractivity contribution is -0.143. The number of allylic oxidation sites excluding steroid dienone is 1. The fourth-order valence-corrected chi connectivity index (χ4v) is 3.68. The number of nitrogens with one attached hydrogen (secondary N) is 1. The van der Waals surface area contributed by atoms with Crippen LogP contribution in [0.3, 0.4) is 0 Å². The van der Waals surface area contributed by atoms with E-state index in [1.54, 1.807) is 24.3 Å². The fraction of sp³-hybridized carbons (Fsp3) is 0.240. The van der Waals surface area contributed by atoms with Crippen molar-refractivity contribution in [2.45, 2.75) is 20.0 Å². The molecule has 0 spiro atoms. The molecule has 1 fully saturated rings. The first-order valence-corrected chi connectivity index (χ1v) is 11.4. The Balaban J connectivity index is 1.93. The van der Waals surface area contributed by atoms with Crippen molar-refractivity contribution in [1.29, 1.82) is 0 Å². The Hall–Kier alpha value is -3.49. The molecule has 0 aromatic heterocycles. The Labute approximate surface area is 213 Å². The Morgan fingerprint density at radius 3 is 2.57 bits per heavy atom. The largest absolute Gasteiger partial charge is 0.490 e. The molecule has 35 heavy (non-hydrogen) atoms. The first-order valence-electron chi connectivity index (χ1n) is 10.7. The Kier molecular flexibility index (Phi) is 8.78. The van der Waals surface area contributed by atoms with E-state index in [4.69, 9.17) is 32.7 Å². The number of carbonyl (C=O) groups is 3. The van der Waals surface area contributed by atoms with Crippen molar-refractivity contribution in [3.05, 3.63) is 75.4 Å². The van der Waals surface area contributed by atoms with Crippen molar-refractivity contribution in [1.82, 2.24) is 10.2 Å². The van der Waals surface area contributed by atoms with Gasteiger partial charge in [-0.3, -0.25) is 9.59 Å². The lowest BCUT2D eigenvalue weighted by Crippen LogP contribution is -2.36. The van der Waals surface area contributed by atoms with E-state index in [0.717, 1.165) is 16.0 Å². The molecule has 1 aliphatic heterocycles. The van der Waals surface area contributed by atoms with E-state index < -0.39 is 24.5 Å².